The zero-order valence-corrected chi connectivity index (χ0v) is 31.1. The van der Waals surface area contributed by atoms with Gasteiger partial charge in [-0.3, -0.25) is 0 Å². The fraction of sp³-hybridized carbons (Fsp3) is 0.250. The highest BCUT2D eigenvalue weighted by Gasteiger charge is 2.58. The van der Waals surface area contributed by atoms with Gasteiger partial charge in [0, 0.05) is 0 Å². The maximum atomic E-state index is 13.3. The van der Waals surface area contributed by atoms with Crippen LogP contribution in [0.1, 0.15) is 38.9 Å². The molecule has 0 aliphatic carbocycles. The van der Waals surface area contributed by atoms with E-state index < -0.39 is 30.2 Å². The van der Waals surface area contributed by atoms with Crippen LogP contribution in [0.15, 0.2) is 170 Å². The third-order valence-electron chi connectivity index (χ3n) is 9.70. The lowest BCUT2D eigenvalue weighted by molar-refractivity contribution is -0.379. The average Bonchev–Trinajstić information content (AvgIpc) is 3.23. The van der Waals surface area contributed by atoms with Crippen LogP contribution in [0, 0.1) is 6.92 Å². The Morgan fingerprint density at radius 1 is 0.509 bits per heavy atom. The zero-order valence-electron chi connectivity index (χ0n) is 31.1. The summed E-state index contributed by atoms with van der Waals surface area (Å²) in [5.74, 6) is -1.58. The molecule has 0 aromatic heterocycles. The molecule has 1 aliphatic heterocycles. The van der Waals surface area contributed by atoms with E-state index in [9.17, 15) is 5.11 Å². The summed E-state index contributed by atoms with van der Waals surface area (Å²) in [5, 5.41) is 13.3. The Hall–Kier alpha value is -5.12. The van der Waals surface area contributed by atoms with Gasteiger partial charge in [0.2, 0.25) is 5.79 Å². The molecule has 5 atom stereocenters. The largest absolute Gasteiger partial charge is 0.488 e. The topological polar surface area (TPSA) is 75.6 Å². The Morgan fingerprint density at radius 2 is 0.945 bits per heavy atom. The summed E-state index contributed by atoms with van der Waals surface area (Å²) >= 11 is 0. The molecule has 1 N–H and O–H groups in total. The molecule has 0 unspecified atom stereocenters. The maximum absolute atomic E-state index is 13.3. The van der Waals surface area contributed by atoms with Gasteiger partial charge in [0.1, 0.15) is 36.8 Å². The molecule has 0 amide bonds. The maximum Gasteiger partial charge on any atom is 0.226 e. The molecular weight excluding hydrogens is 689 g/mol. The Balaban J connectivity index is 1.30. The SMILES string of the molecule is Cc1ccc(OCc2ccccc2)c([C@]2(O)O[C@H](COCc3ccccc3)[C@@H](OCc3ccccc3)[C@H](OCc3ccccc3)[C@H]2OCc2ccccc2)c1. The lowest BCUT2D eigenvalue weighted by Crippen LogP contribution is -2.65. The van der Waals surface area contributed by atoms with Crippen molar-refractivity contribution in [1.82, 2.24) is 0 Å². The first kappa shape index (κ1) is 38.2. The smallest absolute Gasteiger partial charge is 0.226 e. The molecule has 0 radical (unpaired) electrons. The van der Waals surface area contributed by atoms with Gasteiger partial charge in [-0.15, -0.1) is 0 Å². The number of aryl methyl sites for hydroxylation is 1. The second kappa shape index (κ2) is 19.0. The van der Waals surface area contributed by atoms with Crippen molar-refractivity contribution in [2.45, 2.75) is 70.2 Å². The van der Waals surface area contributed by atoms with Crippen LogP contribution in [0.3, 0.4) is 0 Å². The Kier molecular flexibility index (Phi) is 13.2. The van der Waals surface area contributed by atoms with E-state index in [1.165, 1.54) is 0 Å². The number of hydrogen-bond acceptors (Lipinski definition) is 7. The van der Waals surface area contributed by atoms with Crippen LogP contribution in [0.25, 0.3) is 0 Å². The molecule has 1 saturated heterocycles. The minimum Gasteiger partial charge on any atom is -0.488 e. The molecule has 1 aliphatic rings. The summed E-state index contributed by atoms with van der Waals surface area (Å²) in [5.41, 5.74) is 6.27. The highest BCUT2D eigenvalue weighted by Crippen LogP contribution is 2.45. The third kappa shape index (κ3) is 10.1. The molecule has 0 bridgehead atoms. The third-order valence-corrected chi connectivity index (χ3v) is 9.70. The van der Waals surface area contributed by atoms with Gasteiger partial charge in [0.15, 0.2) is 0 Å². The van der Waals surface area contributed by atoms with Gasteiger partial charge in [-0.25, -0.2) is 0 Å². The molecular formula is C48H48O7. The van der Waals surface area contributed by atoms with Crippen LogP contribution in [0.5, 0.6) is 5.75 Å². The first-order chi connectivity index (χ1) is 27.0. The van der Waals surface area contributed by atoms with E-state index in [1.54, 1.807) is 0 Å². The molecule has 55 heavy (non-hydrogen) atoms. The summed E-state index contributed by atoms with van der Waals surface area (Å²) in [6.45, 7) is 3.46. The summed E-state index contributed by atoms with van der Waals surface area (Å²) < 4.78 is 40.3. The lowest BCUT2D eigenvalue weighted by atomic mass is 9.86. The Labute approximate surface area is 324 Å². The average molecular weight is 737 g/mol. The van der Waals surface area contributed by atoms with Crippen LogP contribution < -0.4 is 4.74 Å². The first-order valence-electron chi connectivity index (χ1n) is 18.8. The highest BCUT2D eigenvalue weighted by atomic mass is 16.7. The van der Waals surface area contributed by atoms with E-state index in [0.717, 1.165) is 33.4 Å². The van der Waals surface area contributed by atoms with E-state index >= 15 is 0 Å². The summed E-state index contributed by atoms with van der Waals surface area (Å²) in [7, 11) is 0. The highest BCUT2D eigenvalue weighted by molar-refractivity contribution is 5.42. The minimum absolute atomic E-state index is 0.110. The van der Waals surface area contributed by atoms with Gasteiger partial charge in [0.05, 0.1) is 38.6 Å². The van der Waals surface area contributed by atoms with E-state index in [4.69, 9.17) is 28.4 Å². The predicted octanol–water partition coefficient (Wildman–Crippen LogP) is 9.09. The molecule has 0 spiro atoms. The number of benzene rings is 6. The quantitative estimate of drug-likeness (QED) is 0.100. The van der Waals surface area contributed by atoms with Crippen LogP contribution >= 0.6 is 0 Å². The standard InChI is InChI=1S/C48H48O7/c1-36-27-28-43(51-31-38-19-9-3-10-20-38)42(29-36)48(49)47(54-34-41-25-15-6-16-26-41)46(53-33-40-23-13-5-14-24-40)45(52-32-39-21-11-4-12-22-39)44(55-48)35-50-30-37-17-7-2-8-18-37/h2-29,44-47,49H,30-35H2,1H3/t44-,45-,46+,47-,48+/m1/s1. The van der Waals surface area contributed by atoms with Crippen LogP contribution in [0.4, 0.5) is 0 Å². The molecule has 0 saturated carbocycles. The first-order valence-corrected chi connectivity index (χ1v) is 18.8. The summed E-state index contributed by atoms with van der Waals surface area (Å²) in [6, 6.07) is 55.5. The molecule has 1 fully saturated rings. The van der Waals surface area contributed by atoms with Crippen molar-refractivity contribution in [3.8, 4) is 5.75 Å². The van der Waals surface area contributed by atoms with Crippen molar-refractivity contribution in [2.75, 3.05) is 6.61 Å². The van der Waals surface area contributed by atoms with Crippen LogP contribution in [-0.4, -0.2) is 36.1 Å². The van der Waals surface area contributed by atoms with Crippen molar-refractivity contribution >= 4 is 0 Å². The Bertz CT molecular complexity index is 2010. The van der Waals surface area contributed by atoms with Gasteiger partial charge in [-0.05, 0) is 46.9 Å². The van der Waals surface area contributed by atoms with E-state index in [-0.39, 0.29) is 26.4 Å². The van der Waals surface area contributed by atoms with Gasteiger partial charge in [0.25, 0.3) is 0 Å². The molecule has 282 valence electrons. The summed E-state index contributed by atoms with van der Waals surface area (Å²) in [6.07, 6.45) is -3.38. The number of ether oxygens (including phenoxy) is 6. The van der Waals surface area contributed by atoms with E-state index in [0.29, 0.717) is 24.5 Å². The normalized spacial score (nSPS) is 20.9. The van der Waals surface area contributed by atoms with Gasteiger partial charge < -0.3 is 33.5 Å². The van der Waals surface area contributed by atoms with Crippen molar-refractivity contribution in [1.29, 1.82) is 0 Å². The van der Waals surface area contributed by atoms with Crippen LogP contribution in [-0.2, 0) is 62.5 Å². The molecule has 7 nitrogen and oxygen atoms in total. The Morgan fingerprint density at radius 3 is 1.45 bits per heavy atom. The second-order valence-corrected chi connectivity index (χ2v) is 13.9. The van der Waals surface area contributed by atoms with Gasteiger partial charge >= 0.3 is 0 Å². The molecule has 6 aromatic carbocycles. The lowest BCUT2D eigenvalue weighted by Gasteiger charge is -2.50. The minimum atomic E-state index is -2.05. The predicted molar refractivity (Wildman–Crippen MR) is 212 cm³/mol. The number of hydrogen-bond donors (Lipinski definition) is 1. The van der Waals surface area contributed by atoms with Crippen molar-refractivity contribution < 1.29 is 33.5 Å². The molecule has 1 heterocycles. The molecule has 7 rings (SSSR count). The van der Waals surface area contributed by atoms with Gasteiger partial charge in [-0.2, -0.15) is 0 Å². The van der Waals surface area contributed by atoms with E-state index in [2.05, 4.69) is 0 Å². The van der Waals surface area contributed by atoms with Crippen molar-refractivity contribution in [3.63, 3.8) is 0 Å². The summed E-state index contributed by atoms with van der Waals surface area (Å²) in [4.78, 5) is 0. The van der Waals surface area contributed by atoms with Gasteiger partial charge in [-0.1, -0.05) is 163 Å². The van der Waals surface area contributed by atoms with E-state index in [1.807, 2.05) is 177 Å². The van der Waals surface area contributed by atoms with Crippen LogP contribution in [0.2, 0.25) is 0 Å². The van der Waals surface area contributed by atoms with Crippen molar-refractivity contribution in [3.05, 3.63) is 209 Å². The second-order valence-electron chi connectivity index (χ2n) is 13.9. The number of aliphatic hydroxyl groups is 1. The monoisotopic (exact) mass is 736 g/mol. The number of rotatable bonds is 17. The fourth-order valence-corrected chi connectivity index (χ4v) is 6.85. The molecule has 6 aromatic rings. The zero-order chi connectivity index (χ0) is 37.7. The fourth-order valence-electron chi connectivity index (χ4n) is 6.85. The molecule has 7 heteroatoms. The van der Waals surface area contributed by atoms with Crippen molar-refractivity contribution in [2.24, 2.45) is 0 Å².